The first-order valence-electron chi connectivity index (χ1n) is 8.64. The van der Waals surface area contributed by atoms with Crippen LogP contribution in [0.25, 0.3) is 0 Å². The van der Waals surface area contributed by atoms with Gasteiger partial charge in [-0.25, -0.2) is 9.48 Å². The number of hydrogen-bond donors (Lipinski definition) is 3. The Hall–Kier alpha value is -3.13. The maximum atomic E-state index is 12.5. The van der Waals surface area contributed by atoms with Crippen molar-refractivity contribution in [3.8, 4) is 0 Å². The van der Waals surface area contributed by atoms with E-state index >= 15 is 0 Å². The van der Waals surface area contributed by atoms with E-state index in [0.717, 1.165) is 6.42 Å². The summed E-state index contributed by atoms with van der Waals surface area (Å²) in [5.74, 6) is 0.417. The highest BCUT2D eigenvalue weighted by Gasteiger charge is 2.15. The van der Waals surface area contributed by atoms with Gasteiger partial charge in [0, 0.05) is 11.8 Å². The summed E-state index contributed by atoms with van der Waals surface area (Å²) in [5, 5.41) is 13.2. The fraction of sp³-hybridized carbons (Fsp3) is 0.211. The largest absolute Gasteiger partial charge is 0.324 e. The molecule has 0 saturated carbocycles. The van der Waals surface area contributed by atoms with Gasteiger partial charge in [0.15, 0.2) is 0 Å². The number of carbonyl (C=O) groups is 2. The molecule has 1 aromatic carbocycles. The number of nitrogens with one attached hydrogen (secondary N) is 3. The third kappa shape index (κ3) is 4.73. The lowest BCUT2D eigenvalue weighted by Gasteiger charge is -2.13. The van der Waals surface area contributed by atoms with Gasteiger partial charge in [-0.1, -0.05) is 25.1 Å². The smallest absolute Gasteiger partial charge is 0.308 e. The van der Waals surface area contributed by atoms with E-state index in [1.807, 2.05) is 25.1 Å². The van der Waals surface area contributed by atoms with Gasteiger partial charge in [0.1, 0.15) is 5.82 Å². The number of nitrogens with zero attached hydrogens (tertiary/aromatic N) is 2. The van der Waals surface area contributed by atoms with Crippen molar-refractivity contribution in [2.24, 2.45) is 0 Å². The van der Waals surface area contributed by atoms with E-state index in [4.69, 9.17) is 0 Å². The molecule has 140 valence electrons. The van der Waals surface area contributed by atoms with E-state index in [1.54, 1.807) is 41.2 Å². The molecule has 0 spiro atoms. The van der Waals surface area contributed by atoms with Gasteiger partial charge in [0.2, 0.25) is 0 Å². The fourth-order valence-electron chi connectivity index (χ4n) is 2.44. The van der Waals surface area contributed by atoms with Gasteiger partial charge in [0.25, 0.3) is 5.91 Å². The standard InChI is InChI=1S/C19H21N5O2S/c1-3-13(2)24-16(11-12-20-24)22-18(25)15-9-10-17(27-15)23-19(26)21-14-7-5-4-6-8-14/h4-13H,3H2,1-2H3,(H,22,25)(H2,21,23,26). The molecule has 1 atom stereocenters. The Bertz CT molecular complexity index is 919. The van der Waals surface area contributed by atoms with Gasteiger partial charge < -0.3 is 10.6 Å². The van der Waals surface area contributed by atoms with Crippen molar-refractivity contribution in [3.05, 3.63) is 59.6 Å². The molecule has 2 aromatic heterocycles. The predicted molar refractivity (Wildman–Crippen MR) is 109 cm³/mol. The topological polar surface area (TPSA) is 88.1 Å². The van der Waals surface area contributed by atoms with Gasteiger partial charge >= 0.3 is 6.03 Å². The van der Waals surface area contributed by atoms with Gasteiger partial charge in [0.05, 0.1) is 22.1 Å². The van der Waals surface area contributed by atoms with Crippen molar-refractivity contribution < 1.29 is 9.59 Å². The highest BCUT2D eigenvalue weighted by Crippen LogP contribution is 2.24. The summed E-state index contributed by atoms with van der Waals surface area (Å²) < 4.78 is 1.79. The van der Waals surface area contributed by atoms with E-state index in [2.05, 4.69) is 28.0 Å². The lowest BCUT2D eigenvalue weighted by atomic mass is 10.3. The fourth-order valence-corrected chi connectivity index (χ4v) is 3.23. The van der Waals surface area contributed by atoms with E-state index in [9.17, 15) is 9.59 Å². The van der Waals surface area contributed by atoms with Crippen LogP contribution in [-0.4, -0.2) is 21.7 Å². The van der Waals surface area contributed by atoms with Crippen molar-refractivity contribution in [2.75, 3.05) is 16.0 Å². The molecule has 3 N–H and O–H groups in total. The van der Waals surface area contributed by atoms with Crippen LogP contribution in [0.5, 0.6) is 0 Å². The SMILES string of the molecule is CCC(C)n1nccc1NC(=O)c1ccc(NC(=O)Nc2ccccc2)s1. The number of rotatable bonds is 6. The first-order valence-corrected chi connectivity index (χ1v) is 9.46. The zero-order valence-corrected chi connectivity index (χ0v) is 15.9. The summed E-state index contributed by atoms with van der Waals surface area (Å²) in [6.45, 7) is 4.11. The van der Waals surface area contributed by atoms with E-state index in [0.29, 0.717) is 21.4 Å². The molecule has 7 nitrogen and oxygen atoms in total. The van der Waals surface area contributed by atoms with Crippen LogP contribution in [0.4, 0.5) is 21.3 Å². The van der Waals surface area contributed by atoms with Crippen LogP contribution in [0.15, 0.2) is 54.7 Å². The third-order valence-corrected chi connectivity index (χ3v) is 5.02. The van der Waals surface area contributed by atoms with Gasteiger partial charge in [-0.3, -0.25) is 10.1 Å². The lowest BCUT2D eigenvalue weighted by molar-refractivity contribution is 0.102. The molecule has 1 unspecified atom stereocenters. The van der Waals surface area contributed by atoms with Crippen molar-refractivity contribution in [1.29, 1.82) is 0 Å². The summed E-state index contributed by atoms with van der Waals surface area (Å²) in [7, 11) is 0. The molecule has 0 saturated heterocycles. The summed E-state index contributed by atoms with van der Waals surface area (Å²) in [6.07, 6.45) is 2.57. The van der Waals surface area contributed by atoms with Crippen LogP contribution in [0, 0.1) is 0 Å². The number of amides is 3. The first kappa shape index (κ1) is 18.7. The molecule has 0 bridgehead atoms. The second-order valence-electron chi connectivity index (χ2n) is 5.98. The quantitative estimate of drug-likeness (QED) is 0.571. The van der Waals surface area contributed by atoms with Crippen LogP contribution in [0.2, 0.25) is 0 Å². The number of para-hydroxylation sites is 1. The summed E-state index contributed by atoms with van der Waals surface area (Å²) in [4.78, 5) is 25.0. The molecular formula is C19H21N5O2S. The molecular weight excluding hydrogens is 362 g/mol. The van der Waals surface area contributed by atoms with E-state index in [1.165, 1.54) is 11.3 Å². The molecule has 27 heavy (non-hydrogen) atoms. The Balaban J connectivity index is 1.61. The first-order chi connectivity index (χ1) is 13.1. The average molecular weight is 383 g/mol. The number of urea groups is 1. The van der Waals surface area contributed by atoms with Crippen LogP contribution in [0.3, 0.4) is 0 Å². The minimum atomic E-state index is -0.357. The van der Waals surface area contributed by atoms with Crippen LogP contribution in [-0.2, 0) is 0 Å². The summed E-state index contributed by atoms with van der Waals surface area (Å²) >= 11 is 1.21. The number of thiophene rings is 1. The molecule has 3 rings (SSSR count). The second kappa shape index (κ2) is 8.50. The van der Waals surface area contributed by atoms with Crippen molar-refractivity contribution in [1.82, 2.24) is 9.78 Å². The van der Waals surface area contributed by atoms with Gasteiger partial charge in [-0.05, 0) is 37.6 Å². The maximum absolute atomic E-state index is 12.5. The highest BCUT2D eigenvalue weighted by molar-refractivity contribution is 7.18. The van der Waals surface area contributed by atoms with E-state index in [-0.39, 0.29) is 18.0 Å². The zero-order chi connectivity index (χ0) is 19.2. The monoisotopic (exact) mass is 383 g/mol. The normalized spacial score (nSPS) is 11.6. The van der Waals surface area contributed by atoms with Gasteiger partial charge in [-0.15, -0.1) is 11.3 Å². The summed E-state index contributed by atoms with van der Waals surface area (Å²) in [5.41, 5.74) is 0.697. The molecule has 3 amide bonds. The molecule has 2 heterocycles. The number of hydrogen-bond acceptors (Lipinski definition) is 4. The Morgan fingerprint density at radius 2 is 1.85 bits per heavy atom. The van der Waals surface area contributed by atoms with Crippen molar-refractivity contribution >= 4 is 39.8 Å². The number of anilines is 3. The second-order valence-corrected chi connectivity index (χ2v) is 7.07. The van der Waals surface area contributed by atoms with Crippen LogP contribution in [0.1, 0.15) is 36.0 Å². The van der Waals surface area contributed by atoms with Crippen LogP contribution >= 0.6 is 11.3 Å². The maximum Gasteiger partial charge on any atom is 0.324 e. The molecule has 0 fully saturated rings. The molecule has 0 aliphatic heterocycles. The average Bonchev–Trinajstić information content (AvgIpc) is 3.31. The number of aromatic nitrogens is 2. The minimum Gasteiger partial charge on any atom is -0.308 e. The minimum absolute atomic E-state index is 0.192. The van der Waals surface area contributed by atoms with Crippen molar-refractivity contribution in [2.45, 2.75) is 26.3 Å². The molecule has 0 aliphatic carbocycles. The number of carbonyl (C=O) groups excluding carboxylic acids is 2. The zero-order valence-electron chi connectivity index (χ0n) is 15.1. The highest BCUT2D eigenvalue weighted by atomic mass is 32.1. The Morgan fingerprint density at radius 1 is 1.07 bits per heavy atom. The number of benzene rings is 1. The molecule has 0 aliphatic rings. The van der Waals surface area contributed by atoms with Gasteiger partial charge in [-0.2, -0.15) is 5.10 Å². The Kier molecular flexibility index (Phi) is 5.87. The molecule has 3 aromatic rings. The predicted octanol–water partition coefficient (Wildman–Crippen LogP) is 4.81. The Morgan fingerprint density at radius 3 is 2.59 bits per heavy atom. The Labute approximate surface area is 161 Å². The third-order valence-electron chi connectivity index (χ3n) is 4.02. The molecule has 8 heteroatoms. The van der Waals surface area contributed by atoms with E-state index < -0.39 is 0 Å². The van der Waals surface area contributed by atoms with Crippen LogP contribution < -0.4 is 16.0 Å². The lowest BCUT2D eigenvalue weighted by Crippen LogP contribution is -2.18. The molecule has 0 radical (unpaired) electrons. The van der Waals surface area contributed by atoms with Crippen molar-refractivity contribution in [3.63, 3.8) is 0 Å². The summed E-state index contributed by atoms with van der Waals surface area (Å²) in [6, 6.07) is 14.1.